The molecule has 176 valence electrons. The number of carbonyl (C=O) groups is 2. The smallest absolute Gasteiger partial charge is 0.246 e. The summed E-state index contributed by atoms with van der Waals surface area (Å²) < 4.78 is 33.7. The Morgan fingerprint density at radius 3 is 2.31 bits per heavy atom. The Kier molecular flexibility index (Phi) is 7.05. The zero-order chi connectivity index (χ0) is 22.7. The molecular weight excluding hydrogens is 430 g/mol. The second kappa shape index (κ2) is 9.79. The van der Waals surface area contributed by atoms with E-state index in [4.69, 9.17) is 4.74 Å². The van der Waals surface area contributed by atoms with Gasteiger partial charge in [-0.05, 0) is 63.6 Å². The third-order valence-electron chi connectivity index (χ3n) is 6.55. The van der Waals surface area contributed by atoms with E-state index < -0.39 is 10.0 Å². The van der Waals surface area contributed by atoms with Crippen LogP contribution >= 0.6 is 0 Å². The van der Waals surface area contributed by atoms with Crippen molar-refractivity contribution in [3.8, 4) is 5.75 Å². The van der Waals surface area contributed by atoms with Gasteiger partial charge in [-0.1, -0.05) is 6.42 Å². The van der Waals surface area contributed by atoms with Crippen LogP contribution < -0.4 is 10.1 Å². The third-order valence-corrected chi connectivity index (χ3v) is 8.47. The summed E-state index contributed by atoms with van der Waals surface area (Å²) in [6.45, 7) is 4.38. The van der Waals surface area contributed by atoms with Crippen LogP contribution in [-0.4, -0.2) is 62.2 Å². The Hall–Kier alpha value is -2.13. The van der Waals surface area contributed by atoms with Gasteiger partial charge in [-0.25, -0.2) is 8.42 Å². The molecule has 1 aromatic carbocycles. The molecule has 1 aromatic rings. The summed E-state index contributed by atoms with van der Waals surface area (Å²) in [6.07, 6.45) is 5.95. The third kappa shape index (κ3) is 5.09. The lowest BCUT2D eigenvalue weighted by Crippen LogP contribution is -2.42. The number of nitrogens with zero attached hydrogens (tertiary/aromatic N) is 2. The van der Waals surface area contributed by atoms with Crippen molar-refractivity contribution < 1.29 is 22.7 Å². The van der Waals surface area contributed by atoms with Crippen LogP contribution in [0, 0.1) is 11.8 Å². The Morgan fingerprint density at radius 2 is 1.69 bits per heavy atom. The van der Waals surface area contributed by atoms with Gasteiger partial charge in [-0.15, -0.1) is 0 Å². The van der Waals surface area contributed by atoms with E-state index in [1.807, 2.05) is 11.8 Å². The van der Waals surface area contributed by atoms with Gasteiger partial charge >= 0.3 is 0 Å². The molecule has 3 fully saturated rings. The summed E-state index contributed by atoms with van der Waals surface area (Å²) >= 11 is 0. The Morgan fingerprint density at radius 1 is 1.00 bits per heavy atom. The van der Waals surface area contributed by atoms with Crippen molar-refractivity contribution in [3.05, 3.63) is 18.2 Å². The van der Waals surface area contributed by atoms with Gasteiger partial charge in [0.25, 0.3) is 0 Å². The fourth-order valence-electron chi connectivity index (χ4n) is 4.50. The van der Waals surface area contributed by atoms with Crippen molar-refractivity contribution in [2.24, 2.45) is 11.8 Å². The molecule has 9 heteroatoms. The van der Waals surface area contributed by atoms with Crippen molar-refractivity contribution >= 4 is 27.5 Å². The average molecular weight is 464 g/mol. The lowest BCUT2D eigenvalue weighted by Gasteiger charge is -2.31. The van der Waals surface area contributed by atoms with E-state index in [0.717, 1.165) is 32.1 Å². The van der Waals surface area contributed by atoms with Gasteiger partial charge in [0, 0.05) is 43.7 Å². The van der Waals surface area contributed by atoms with E-state index in [1.165, 1.54) is 10.4 Å². The zero-order valence-electron chi connectivity index (χ0n) is 18.7. The first-order chi connectivity index (χ1) is 15.4. The summed E-state index contributed by atoms with van der Waals surface area (Å²) in [7, 11) is -3.70. The second-order valence-electron chi connectivity index (χ2n) is 8.92. The second-order valence-corrected chi connectivity index (χ2v) is 10.8. The van der Waals surface area contributed by atoms with E-state index in [2.05, 4.69) is 5.32 Å². The highest BCUT2D eigenvalue weighted by Crippen LogP contribution is 2.34. The predicted molar refractivity (Wildman–Crippen MR) is 121 cm³/mol. The predicted octanol–water partition coefficient (Wildman–Crippen LogP) is 2.85. The number of nitrogens with one attached hydrogen (secondary N) is 1. The molecule has 0 spiro atoms. The molecule has 2 amide bonds. The highest BCUT2D eigenvalue weighted by atomic mass is 32.2. The van der Waals surface area contributed by atoms with Crippen LogP contribution in [0.15, 0.2) is 23.1 Å². The van der Waals surface area contributed by atoms with E-state index >= 15 is 0 Å². The number of rotatable bonds is 7. The molecule has 0 aromatic heterocycles. The molecule has 4 rings (SSSR count). The number of piperidine rings is 2. The quantitative estimate of drug-likeness (QED) is 0.671. The number of sulfonamides is 1. The van der Waals surface area contributed by atoms with Crippen LogP contribution in [0.1, 0.15) is 51.9 Å². The summed E-state index contributed by atoms with van der Waals surface area (Å²) in [6, 6.07) is 4.81. The Labute approximate surface area is 190 Å². The topological polar surface area (TPSA) is 96.0 Å². The van der Waals surface area contributed by atoms with Gasteiger partial charge in [-0.2, -0.15) is 4.31 Å². The van der Waals surface area contributed by atoms with Crippen LogP contribution in [0.25, 0.3) is 0 Å². The van der Waals surface area contributed by atoms with Gasteiger partial charge in [0.2, 0.25) is 21.8 Å². The maximum Gasteiger partial charge on any atom is 0.246 e. The molecule has 2 saturated heterocycles. The Balaban J connectivity index is 1.45. The van der Waals surface area contributed by atoms with Gasteiger partial charge in [-0.3, -0.25) is 9.59 Å². The molecule has 0 bridgehead atoms. The summed E-state index contributed by atoms with van der Waals surface area (Å²) in [4.78, 5) is 27.1. The number of ether oxygens (including phenoxy) is 1. The molecule has 0 atom stereocenters. The van der Waals surface area contributed by atoms with E-state index in [0.29, 0.717) is 57.1 Å². The van der Waals surface area contributed by atoms with E-state index in [1.54, 1.807) is 12.1 Å². The molecule has 1 N–H and O–H groups in total. The highest BCUT2D eigenvalue weighted by Gasteiger charge is 2.36. The lowest BCUT2D eigenvalue weighted by molar-refractivity contribution is -0.135. The molecule has 1 saturated carbocycles. The maximum atomic E-state index is 13.3. The highest BCUT2D eigenvalue weighted by molar-refractivity contribution is 7.89. The normalized spacial score (nSPS) is 20.7. The number of anilines is 1. The first kappa shape index (κ1) is 23.0. The molecule has 1 aliphatic carbocycles. The molecule has 0 unspecified atom stereocenters. The monoisotopic (exact) mass is 463 g/mol. The number of likely N-dealkylation sites (tertiary alicyclic amines) is 1. The minimum absolute atomic E-state index is 0.101. The number of amides is 2. The van der Waals surface area contributed by atoms with Crippen LogP contribution in [0.4, 0.5) is 5.69 Å². The van der Waals surface area contributed by atoms with Gasteiger partial charge in [0.05, 0.1) is 6.61 Å². The van der Waals surface area contributed by atoms with Crippen LogP contribution in [-0.2, 0) is 19.6 Å². The number of hydrogen-bond donors (Lipinski definition) is 1. The Bertz CT molecular complexity index is 946. The van der Waals surface area contributed by atoms with Crippen molar-refractivity contribution in [1.29, 1.82) is 0 Å². The SMILES string of the molecule is CCOc1ccc(NC(=O)C2CCN(C(=O)C3CC3)CC2)cc1S(=O)(=O)N1CCCCC1. The zero-order valence-corrected chi connectivity index (χ0v) is 19.5. The van der Waals surface area contributed by atoms with Gasteiger partial charge < -0.3 is 15.0 Å². The summed E-state index contributed by atoms with van der Waals surface area (Å²) in [5, 5.41) is 2.89. The lowest BCUT2D eigenvalue weighted by atomic mass is 9.95. The minimum atomic E-state index is -3.70. The largest absolute Gasteiger partial charge is 0.492 e. The molecule has 2 aliphatic heterocycles. The van der Waals surface area contributed by atoms with Crippen molar-refractivity contribution in [3.63, 3.8) is 0 Å². The van der Waals surface area contributed by atoms with Crippen LogP contribution in [0.5, 0.6) is 5.75 Å². The number of carbonyl (C=O) groups excluding carboxylic acids is 2. The van der Waals surface area contributed by atoms with E-state index in [9.17, 15) is 18.0 Å². The standard InChI is InChI=1S/C23H33N3O5S/c1-2-31-20-9-8-19(16-21(20)32(29,30)26-12-4-3-5-13-26)24-22(27)17-10-14-25(15-11-17)23(28)18-6-7-18/h8-9,16-18H,2-7,10-15H2,1H3,(H,24,27). The van der Waals surface area contributed by atoms with Crippen LogP contribution in [0.2, 0.25) is 0 Å². The maximum absolute atomic E-state index is 13.3. The van der Waals surface area contributed by atoms with Crippen molar-refractivity contribution in [2.45, 2.75) is 56.8 Å². The molecule has 2 heterocycles. The number of hydrogen-bond acceptors (Lipinski definition) is 5. The fraction of sp³-hybridized carbons (Fsp3) is 0.652. The first-order valence-electron chi connectivity index (χ1n) is 11.8. The molecule has 32 heavy (non-hydrogen) atoms. The number of benzene rings is 1. The molecule has 3 aliphatic rings. The summed E-state index contributed by atoms with van der Waals surface area (Å²) in [5.41, 5.74) is 0.450. The van der Waals surface area contributed by atoms with Crippen molar-refractivity contribution in [1.82, 2.24) is 9.21 Å². The van der Waals surface area contributed by atoms with E-state index in [-0.39, 0.29) is 28.5 Å². The van der Waals surface area contributed by atoms with Gasteiger partial charge in [0.1, 0.15) is 10.6 Å². The summed E-state index contributed by atoms with van der Waals surface area (Å²) in [5.74, 6) is 0.413. The first-order valence-corrected chi connectivity index (χ1v) is 13.2. The molecule has 0 radical (unpaired) electrons. The minimum Gasteiger partial charge on any atom is -0.492 e. The fourth-order valence-corrected chi connectivity index (χ4v) is 6.18. The molecule has 8 nitrogen and oxygen atoms in total. The van der Waals surface area contributed by atoms with Crippen LogP contribution in [0.3, 0.4) is 0 Å². The van der Waals surface area contributed by atoms with Gasteiger partial charge in [0.15, 0.2) is 0 Å². The average Bonchev–Trinajstić information content (AvgIpc) is 3.66. The molecular formula is C23H33N3O5S. The van der Waals surface area contributed by atoms with Crippen molar-refractivity contribution in [2.75, 3.05) is 38.1 Å².